The van der Waals surface area contributed by atoms with Gasteiger partial charge in [-0.1, -0.05) is 6.07 Å². The van der Waals surface area contributed by atoms with Crippen molar-refractivity contribution in [2.45, 2.75) is 25.8 Å². The second kappa shape index (κ2) is 7.50. The highest BCUT2D eigenvalue weighted by Gasteiger charge is 2.26. The predicted octanol–water partition coefficient (Wildman–Crippen LogP) is 2.32. The molecule has 20 heavy (non-hydrogen) atoms. The fourth-order valence-electron chi connectivity index (χ4n) is 2.56. The molecule has 1 aliphatic rings. The molecule has 4 nitrogen and oxygen atoms in total. The summed E-state index contributed by atoms with van der Waals surface area (Å²) in [5.74, 6) is 1.19. The molecule has 1 amide bonds. The van der Waals surface area contributed by atoms with Gasteiger partial charge in [0, 0.05) is 24.7 Å². The number of nitrogens with zero attached hydrogens (tertiary/aromatic N) is 1. The minimum absolute atomic E-state index is 0. The minimum Gasteiger partial charge on any atom is -0.497 e. The number of ether oxygens (including phenoxy) is 1. The average Bonchev–Trinajstić information content (AvgIpc) is 2.46. The molecule has 112 valence electrons. The Morgan fingerprint density at radius 2 is 2.25 bits per heavy atom. The Morgan fingerprint density at radius 3 is 2.90 bits per heavy atom. The summed E-state index contributed by atoms with van der Waals surface area (Å²) < 4.78 is 5.16. The van der Waals surface area contributed by atoms with Crippen molar-refractivity contribution < 1.29 is 9.53 Å². The third-order valence-electron chi connectivity index (χ3n) is 3.81. The van der Waals surface area contributed by atoms with E-state index >= 15 is 0 Å². The lowest BCUT2D eigenvalue weighted by Gasteiger charge is -2.34. The van der Waals surface area contributed by atoms with E-state index in [0.29, 0.717) is 17.2 Å². The van der Waals surface area contributed by atoms with Gasteiger partial charge in [-0.05, 0) is 43.9 Å². The van der Waals surface area contributed by atoms with E-state index in [-0.39, 0.29) is 24.4 Å². The van der Waals surface area contributed by atoms with Crippen molar-refractivity contribution in [1.82, 2.24) is 4.90 Å². The smallest absolute Gasteiger partial charge is 0.253 e. The molecule has 1 heterocycles. The van der Waals surface area contributed by atoms with Crippen LogP contribution in [0.1, 0.15) is 30.1 Å². The molecule has 0 aromatic heterocycles. The number of halogens is 1. The third-order valence-corrected chi connectivity index (χ3v) is 3.81. The van der Waals surface area contributed by atoms with Crippen molar-refractivity contribution in [2.75, 3.05) is 20.2 Å². The molecule has 5 heteroatoms. The SMILES string of the molecule is COc1cccc(C(=O)N2CCCC(C(C)N)C2)c1.Cl. The Balaban J connectivity index is 0.00000200. The van der Waals surface area contributed by atoms with Crippen LogP contribution in [0.3, 0.4) is 0 Å². The van der Waals surface area contributed by atoms with Gasteiger partial charge in [-0.3, -0.25) is 4.79 Å². The van der Waals surface area contributed by atoms with E-state index in [9.17, 15) is 4.79 Å². The van der Waals surface area contributed by atoms with Crippen LogP contribution in [0.25, 0.3) is 0 Å². The van der Waals surface area contributed by atoms with E-state index in [2.05, 4.69) is 0 Å². The zero-order valence-electron chi connectivity index (χ0n) is 12.0. The number of nitrogens with two attached hydrogens (primary N) is 1. The molecule has 2 N–H and O–H groups in total. The maximum atomic E-state index is 12.5. The number of likely N-dealkylation sites (tertiary alicyclic amines) is 1. The number of piperidine rings is 1. The first-order valence-corrected chi connectivity index (χ1v) is 6.80. The molecular weight excluding hydrogens is 276 g/mol. The van der Waals surface area contributed by atoms with E-state index in [0.717, 1.165) is 25.9 Å². The first kappa shape index (κ1) is 16.8. The van der Waals surface area contributed by atoms with Gasteiger partial charge in [0.15, 0.2) is 0 Å². The van der Waals surface area contributed by atoms with Crippen molar-refractivity contribution in [1.29, 1.82) is 0 Å². The number of hydrogen-bond donors (Lipinski definition) is 1. The molecule has 2 atom stereocenters. The molecule has 0 spiro atoms. The molecule has 1 fully saturated rings. The molecule has 1 aliphatic heterocycles. The van der Waals surface area contributed by atoms with Crippen LogP contribution in [0, 0.1) is 5.92 Å². The molecule has 2 unspecified atom stereocenters. The zero-order chi connectivity index (χ0) is 13.8. The molecule has 2 rings (SSSR count). The Labute approximate surface area is 126 Å². The highest BCUT2D eigenvalue weighted by molar-refractivity contribution is 5.94. The lowest BCUT2D eigenvalue weighted by Crippen LogP contribution is -2.45. The Hall–Kier alpha value is -1.26. The summed E-state index contributed by atoms with van der Waals surface area (Å²) in [6.07, 6.45) is 2.14. The summed E-state index contributed by atoms with van der Waals surface area (Å²) in [4.78, 5) is 14.4. The van der Waals surface area contributed by atoms with Gasteiger partial charge in [-0.25, -0.2) is 0 Å². The lowest BCUT2D eigenvalue weighted by molar-refractivity contribution is 0.0660. The summed E-state index contributed by atoms with van der Waals surface area (Å²) >= 11 is 0. The minimum atomic E-state index is 0. The standard InChI is InChI=1S/C15H22N2O2.ClH/c1-11(16)13-6-4-8-17(10-13)15(18)12-5-3-7-14(9-12)19-2;/h3,5,7,9,11,13H,4,6,8,10,16H2,1-2H3;1H. The summed E-state index contributed by atoms with van der Waals surface area (Å²) in [7, 11) is 1.61. The van der Waals surface area contributed by atoms with E-state index in [1.165, 1.54) is 0 Å². The molecule has 0 bridgehead atoms. The van der Waals surface area contributed by atoms with Crippen LogP contribution in [0.5, 0.6) is 5.75 Å². The maximum absolute atomic E-state index is 12.5. The number of hydrogen-bond acceptors (Lipinski definition) is 3. The number of rotatable bonds is 3. The number of methoxy groups -OCH3 is 1. The quantitative estimate of drug-likeness (QED) is 0.932. The topological polar surface area (TPSA) is 55.6 Å². The Kier molecular flexibility index (Phi) is 6.30. The third kappa shape index (κ3) is 3.87. The molecule has 0 saturated carbocycles. The summed E-state index contributed by atoms with van der Waals surface area (Å²) in [6, 6.07) is 7.45. The van der Waals surface area contributed by atoms with Gasteiger partial charge in [-0.15, -0.1) is 12.4 Å². The number of amides is 1. The van der Waals surface area contributed by atoms with Crippen LogP contribution in [0.15, 0.2) is 24.3 Å². The highest BCUT2D eigenvalue weighted by Crippen LogP contribution is 2.21. The van der Waals surface area contributed by atoms with Crippen LogP contribution >= 0.6 is 12.4 Å². The predicted molar refractivity (Wildman–Crippen MR) is 82.5 cm³/mol. The van der Waals surface area contributed by atoms with Crippen molar-refractivity contribution in [2.24, 2.45) is 11.7 Å². The van der Waals surface area contributed by atoms with Gasteiger partial charge < -0.3 is 15.4 Å². The first-order valence-electron chi connectivity index (χ1n) is 6.80. The second-order valence-electron chi connectivity index (χ2n) is 5.24. The fraction of sp³-hybridized carbons (Fsp3) is 0.533. The van der Waals surface area contributed by atoms with Crippen molar-refractivity contribution in [3.8, 4) is 5.75 Å². The lowest BCUT2D eigenvalue weighted by atomic mass is 9.92. The molecular formula is C15H23ClN2O2. The van der Waals surface area contributed by atoms with Crippen LogP contribution in [0.2, 0.25) is 0 Å². The van der Waals surface area contributed by atoms with Gasteiger partial charge in [0.2, 0.25) is 0 Å². The van der Waals surface area contributed by atoms with Gasteiger partial charge in [0.25, 0.3) is 5.91 Å². The van der Waals surface area contributed by atoms with Crippen LogP contribution < -0.4 is 10.5 Å². The zero-order valence-corrected chi connectivity index (χ0v) is 12.9. The first-order chi connectivity index (χ1) is 9.11. The summed E-state index contributed by atoms with van der Waals surface area (Å²) in [5, 5.41) is 0. The van der Waals surface area contributed by atoms with Crippen molar-refractivity contribution in [3.63, 3.8) is 0 Å². The molecule has 0 aliphatic carbocycles. The fourth-order valence-corrected chi connectivity index (χ4v) is 2.56. The van der Waals surface area contributed by atoms with E-state index < -0.39 is 0 Å². The summed E-state index contributed by atoms with van der Waals surface area (Å²) in [6.45, 7) is 3.59. The summed E-state index contributed by atoms with van der Waals surface area (Å²) in [5.41, 5.74) is 6.64. The van der Waals surface area contributed by atoms with Crippen molar-refractivity contribution >= 4 is 18.3 Å². The molecule has 1 aromatic rings. The number of carbonyl (C=O) groups is 1. The van der Waals surface area contributed by atoms with Crippen LogP contribution in [0.4, 0.5) is 0 Å². The largest absolute Gasteiger partial charge is 0.497 e. The van der Waals surface area contributed by atoms with Crippen molar-refractivity contribution in [3.05, 3.63) is 29.8 Å². The van der Waals surface area contributed by atoms with E-state index in [4.69, 9.17) is 10.5 Å². The Bertz CT molecular complexity index is 451. The average molecular weight is 299 g/mol. The van der Waals surface area contributed by atoms with Crippen LogP contribution in [-0.2, 0) is 0 Å². The molecule has 0 radical (unpaired) electrons. The van der Waals surface area contributed by atoms with E-state index in [1.807, 2.05) is 30.0 Å². The maximum Gasteiger partial charge on any atom is 0.253 e. The molecule has 1 aromatic carbocycles. The second-order valence-corrected chi connectivity index (χ2v) is 5.24. The monoisotopic (exact) mass is 298 g/mol. The van der Waals surface area contributed by atoms with E-state index in [1.54, 1.807) is 13.2 Å². The van der Waals surface area contributed by atoms with Gasteiger partial charge >= 0.3 is 0 Å². The normalized spacial score (nSPS) is 19.9. The van der Waals surface area contributed by atoms with Crippen LogP contribution in [-0.4, -0.2) is 37.0 Å². The Morgan fingerprint density at radius 1 is 1.50 bits per heavy atom. The van der Waals surface area contributed by atoms with Gasteiger partial charge in [0.05, 0.1) is 7.11 Å². The molecule has 1 saturated heterocycles. The van der Waals surface area contributed by atoms with Gasteiger partial charge in [0.1, 0.15) is 5.75 Å². The number of benzene rings is 1. The van der Waals surface area contributed by atoms with Gasteiger partial charge in [-0.2, -0.15) is 0 Å². The highest BCUT2D eigenvalue weighted by atomic mass is 35.5. The number of carbonyl (C=O) groups excluding carboxylic acids is 1.